The molecule has 1 aliphatic rings. The van der Waals surface area contributed by atoms with E-state index in [0.717, 1.165) is 19.5 Å². The minimum Gasteiger partial charge on any atom is -0.349 e. The van der Waals surface area contributed by atoms with Crippen LogP contribution < -0.4 is 5.32 Å². The monoisotopic (exact) mass is 248 g/mol. The maximum absolute atomic E-state index is 11.8. The van der Waals surface area contributed by atoms with Gasteiger partial charge in [0.1, 0.15) is 5.69 Å². The first-order chi connectivity index (χ1) is 8.81. The first-order valence-electron chi connectivity index (χ1n) is 6.59. The molecule has 1 atom stereocenters. The molecular weight excluding hydrogens is 228 g/mol. The number of aromatic nitrogens is 2. The highest BCUT2D eigenvalue weighted by Gasteiger charge is 2.21. The van der Waals surface area contributed by atoms with Gasteiger partial charge < -0.3 is 5.32 Å². The number of amides is 1. The van der Waals surface area contributed by atoms with Crippen molar-refractivity contribution in [2.75, 3.05) is 19.6 Å². The van der Waals surface area contributed by atoms with Crippen LogP contribution in [0.25, 0.3) is 0 Å². The van der Waals surface area contributed by atoms with E-state index in [1.54, 1.807) is 6.20 Å². The number of nitrogens with one attached hydrogen (secondary N) is 1. The van der Waals surface area contributed by atoms with Gasteiger partial charge >= 0.3 is 0 Å². The Morgan fingerprint density at radius 2 is 2.22 bits per heavy atom. The van der Waals surface area contributed by atoms with Crippen molar-refractivity contribution in [2.45, 2.75) is 32.2 Å². The van der Waals surface area contributed by atoms with Crippen molar-refractivity contribution in [3.8, 4) is 0 Å². The first kappa shape index (κ1) is 13.0. The summed E-state index contributed by atoms with van der Waals surface area (Å²) in [7, 11) is 0. The third-order valence-electron chi connectivity index (χ3n) is 3.42. The zero-order valence-corrected chi connectivity index (χ0v) is 10.8. The zero-order valence-electron chi connectivity index (χ0n) is 10.8. The Kier molecular flexibility index (Phi) is 4.64. The molecule has 1 saturated heterocycles. The summed E-state index contributed by atoms with van der Waals surface area (Å²) in [6, 6.07) is 0.438. The van der Waals surface area contributed by atoms with Crippen molar-refractivity contribution in [2.24, 2.45) is 0 Å². The number of hydrogen-bond donors (Lipinski definition) is 1. The highest BCUT2D eigenvalue weighted by atomic mass is 16.1. The molecule has 1 aliphatic heterocycles. The fourth-order valence-electron chi connectivity index (χ4n) is 2.36. The van der Waals surface area contributed by atoms with Crippen LogP contribution in [0.4, 0.5) is 0 Å². The Hall–Kier alpha value is -1.49. The highest BCUT2D eigenvalue weighted by molar-refractivity contribution is 5.91. The molecule has 2 heterocycles. The normalized spacial score (nSPS) is 17.6. The average Bonchev–Trinajstić information content (AvgIpc) is 2.94. The Morgan fingerprint density at radius 3 is 2.83 bits per heavy atom. The molecule has 1 fully saturated rings. The molecule has 1 amide bonds. The maximum Gasteiger partial charge on any atom is 0.271 e. The van der Waals surface area contributed by atoms with Crippen molar-refractivity contribution in [1.29, 1.82) is 0 Å². The van der Waals surface area contributed by atoms with E-state index in [-0.39, 0.29) is 5.91 Å². The second kappa shape index (κ2) is 6.44. The Morgan fingerprint density at radius 1 is 1.44 bits per heavy atom. The lowest BCUT2D eigenvalue weighted by Crippen LogP contribution is -2.42. The van der Waals surface area contributed by atoms with Crippen LogP contribution in [-0.2, 0) is 0 Å². The van der Waals surface area contributed by atoms with Gasteiger partial charge in [-0.25, -0.2) is 4.98 Å². The molecule has 1 aromatic rings. The number of carbonyl (C=O) groups is 1. The Balaban J connectivity index is 1.84. The fourth-order valence-corrected chi connectivity index (χ4v) is 2.36. The van der Waals surface area contributed by atoms with Gasteiger partial charge in [0.25, 0.3) is 5.91 Å². The molecule has 0 spiro atoms. The van der Waals surface area contributed by atoms with E-state index < -0.39 is 0 Å². The number of carbonyl (C=O) groups excluding carboxylic acids is 1. The molecule has 98 valence electrons. The molecule has 0 aromatic carbocycles. The molecule has 0 unspecified atom stereocenters. The van der Waals surface area contributed by atoms with Gasteiger partial charge in [0, 0.05) is 25.0 Å². The predicted molar refractivity (Wildman–Crippen MR) is 69.3 cm³/mol. The van der Waals surface area contributed by atoms with E-state index in [0.29, 0.717) is 18.3 Å². The minimum atomic E-state index is -0.138. The van der Waals surface area contributed by atoms with Crippen LogP contribution in [0.2, 0.25) is 0 Å². The fraction of sp³-hybridized carbons (Fsp3) is 0.615. The van der Waals surface area contributed by atoms with Crippen LogP contribution in [0.15, 0.2) is 18.6 Å². The summed E-state index contributed by atoms with van der Waals surface area (Å²) in [5.41, 5.74) is 0.383. The lowest BCUT2D eigenvalue weighted by Gasteiger charge is -2.26. The van der Waals surface area contributed by atoms with E-state index in [1.165, 1.54) is 25.2 Å². The predicted octanol–water partition coefficient (Wildman–Crippen LogP) is 1.08. The van der Waals surface area contributed by atoms with E-state index in [1.807, 2.05) is 0 Å². The quantitative estimate of drug-likeness (QED) is 0.847. The van der Waals surface area contributed by atoms with E-state index in [9.17, 15) is 4.79 Å². The van der Waals surface area contributed by atoms with Crippen LogP contribution in [0.5, 0.6) is 0 Å². The van der Waals surface area contributed by atoms with Crippen LogP contribution >= 0.6 is 0 Å². The summed E-state index contributed by atoms with van der Waals surface area (Å²) < 4.78 is 0. The van der Waals surface area contributed by atoms with E-state index in [4.69, 9.17) is 0 Å². The molecule has 0 radical (unpaired) electrons. The summed E-state index contributed by atoms with van der Waals surface area (Å²) in [5.74, 6) is -0.138. The standard InChI is InChI=1S/C13H20N4O/c1-2-11(17-7-3-4-8-17)9-16-13(18)12-10-14-5-6-15-12/h5-6,10-11H,2-4,7-9H2,1H3,(H,16,18)/t11-/m1/s1. The minimum absolute atomic E-state index is 0.138. The van der Waals surface area contributed by atoms with Crippen molar-refractivity contribution in [3.05, 3.63) is 24.3 Å². The Labute approximate surface area is 108 Å². The molecule has 18 heavy (non-hydrogen) atoms. The topological polar surface area (TPSA) is 58.1 Å². The van der Waals surface area contributed by atoms with Crippen LogP contribution in [0, 0.1) is 0 Å². The van der Waals surface area contributed by atoms with Crippen molar-refractivity contribution in [3.63, 3.8) is 0 Å². The lowest BCUT2D eigenvalue weighted by atomic mass is 10.2. The molecular formula is C13H20N4O. The van der Waals surface area contributed by atoms with E-state index >= 15 is 0 Å². The molecule has 0 aliphatic carbocycles. The summed E-state index contributed by atoms with van der Waals surface area (Å²) >= 11 is 0. The van der Waals surface area contributed by atoms with E-state index in [2.05, 4.69) is 27.1 Å². The van der Waals surface area contributed by atoms with Gasteiger partial charge in [0.05, 0.1) is 6.20 Å². The molecule has 5 heteroatoms. The maximum atomic E-state index is 11.8. The second-order valence-corrected chi connectivity index (χ2v) is 4.61. The molecule has 5 nitrogen and oxygen atoms in total. The Bertz CT molecular complexity index is 376. The second-order valence-electron chi connectivity index (χ2n) is 4.61. The summed E-state index contributed by atoms with van der Waals surface area (Å²) in [5, 5.41) is 2.94. The number of likely N-dealkylation sites (tertiary alicyclic amines) is 1. The van der Waals surface area contributed by atoms with Crippen LogP contribution in [0.3, 0.4) is 0 Å². The average molecular weight is 248 g/mol. The number of hydrogen-bond acceptors (Lipinski definition) is 4. The first-order valence-corrected chi connectivity index (χ1v) is 6.59. The number of nitrogens with zero attached hydrogens (tertiary/aromatic N) is 3. The SMILES string of the molecule is CC[C@H](CNC(=O)c1cnccn1)N1CCCC1. The molecule has 0 bridgehead atoms. The lowest BCUT2D eigenvalue weighted by molar-refractivity contribution is 0.0931. The summed E-state index contributed by atoms with van der Waals surface area (Å²) in [4.78, 5) is 22.2. The van der Waals surface area contributed by atoms with Gasteiger partial charge in [-0.05, 0) is 32.4 Å². The largest absolute Gasteiger partial charge is 0.349 e. The van der Waals surface area contributed by atoms with Crippen LogP contribution in [-0.4, -0.2) is 46.5 Å². The molecule has 0 saturated carbocycles. The van der Waals surface area contributed by atoms with Gasteiger partial charge in [0.15, 0.2) is 0 Å². The third kappa shape index (κ3) is 3.26. The zero-order chi connectivity index (χ0) is 12.8. The summed E-state index contributed by atoms with van der Waals surface area (Å²) in [6.07, 6.45) is 8.19. The van der Waals surface area contributed by atoms with Gasteiger partial charge in [0.2, 0.25) is 0 Å². The van der Waals surface area contributed by atoms with Crippen LogP contribution in [0.1, 0.15) is 36.7 Å². The van der Waals surface area contributed by atoms with Gasteiger partial charge in [-0.1, -0.05) is 6.92 Å². The van der Waals surface area contributed by atoms with Crippen molar-refractivity contribution < 1.29 is 4.79 Å². The van der Waals surface area contributed by atoms with Gasteiger partial charge in [-0.2, -0.15) is 0 Å². The molecule has 1 aromatic heterocycles. The molecule has 2 rings (SSSR count). The third-order valence-corrected chi connectivity index (χ3v) is 3.42. The summed E-state index contributed by atoms with van der Waals surface area (Å²) in [6.45, 7) is 5.16. The van der Waals surface area contributed by atoms with Crippen molar-refractivity contribution in [1.82, 2.24) is 20.2 Å². The van der Waals surface area contributed by atoms with Gasteiger partial charge in [-0.3, -0.25) is 14.7 Å². The number of rotatable bonds is 5. The molecule has 1 N–H and O–H groups in total. The van der Waals surface area contributed by atoms with Gasteiger partial charge in [-0.15, -0.1) is 0 Å². The highest BCUT2D eigenvalue weighted by Crippen LogP contribution is 2.13. The smallest absolute Gasteiger partial charge is 0.271 e. The van der Waals surface area contributed by atoms with Crippen molar-refractivity contribution >= 4 is 5.91 Å².